The van der Waals surface area contributed by atoms with Crippen molar-refractivity contribution in [3.8, 4) is 6.07 Å². The average Bonchev–Trinajstić information content (AvgIpc) is 2.17. The van der Waals surface area contributed by atoms with E-state index >= 15 is 0 Å². The maximum absolute atomic E-state index is 8.81. The van der Waals surface area contributed by atoms with Gasteiger partial charge in [-0.15, -0.1) is 0 Å². The predicted molar refractivity (Wildman–Crippen MR) is 66.6 cm³/mol. The molecule has 1 unspecified atom stereocenters. The van der Waals surface area contributed by atoms with Crippen molar-refractivity contribution in [1.29, 1.82) is 5.26 Å². The van der Waals surface area contributed by atoms with Gasteiger partial charge in [-0.2, -0.15) is 5.26 Å². The largest absolute Gasteiger partial charge is 0.198 e. The molecule has 1 atom stereocenters. The lowest BCUT2D eigenvalue weighted by Gasteiger charge is -2.16. The number of nitrogens with zero attached hydrogens (tertiary/aromatic N) is 1. The highest BCUT2D eigenvalue weighted by atomic mass is 79.9. The van der Waals surface area contributed by atoms with Gasteiger partial charge in [-0.1, -0.05) is 41.9 Å². The van der Waals surface area contributed by atoms with E-state index in [-0.39, 0.29) is 0 Å². The Bertz CT molecular complexity index is 335. The Morgan fingerprint density at radius 3 is 2.33 bits per heavy atom. The molecule has 1 rings (SSSR count). The first-order valence-corrected chi connectivity index (χ1v) is 6.05. The molecule has 0 saturated carbocycles. The zero-order valence-electron chi connectivity index (χ0n) is 9.20. The van der Waals surface area contributed by atoms with Crippen molar-refractivity contribution in [2.24, 2.45) is 5.92 Å². The second kappa shape index (κ2) is 5.92. The Hall–Kier alpha value is -0.810. The monoisotopic (exact) mass is 265 g/mol. The van der Waals surface area contributed by atoms with Gasteiger partial charge in [0.15, 0.2) is 0 Å². The van der Waals surface area contributed by atoms with Gasteiger partial charge in [-0.3, -0.25) is 0 Å². The van der Waals surface area contributed by atoms with Crippen LogP contribution in [0.4, 0.5) is 0 Å². The molecule has 0 fully saturated rings. The number of hydrogen-bond acceptors (Lipinski definition) is 1. The predicted octanol–water partition coefficient (Wildman–Crippen LogP) is 4.49. The zero-order chi connectivity index (χ0) is 11.3. The van der Waals surface area contributed by atoms with Crippen LogP contribution in [0, 0.1) is 17.2 Å². The summed E-state index contributed by atoms with van der Waals surface area (Å²) in [7, 11) is 0. The van der Waals surface area contributed by atoms with Crippen molar-refractivity contribution in [2.45, 2.75) is 32.6 Å². The minimum absolute atomic E-state index is 0.378. The molecular formula is C13H16BrN. The van der Waals surface area contributed by atoms with Crippen molar-refractivity contribution in [1.82, 2.24) is 0 Å². The summed E-state index contributed by atoms with van der Waals surface area (Å²) in [4.78, 5) is 0. The van der Waals surface area contributed by atoms with Gasteiger partial charge in [0, 0.05) is 10.9 Å². The van der Waals surface area contributed by atoms with Crippen LogP contribution < -0.4 is 0 Å². The number of rotatable bonds is 4. The van der Waals surface area contributed by atoms with Crippen molar-refractivity contribution < 1.29 is 0 Å². The minimum atomic E-state index is 0.378. The quantitative estimate of drug-likeness (QED) is 0.787. The Balaban J connectivity index is 2.80. The second-order valence-corrected chi connectivity index (χ2v) is 5.16. The van der Waals surface area contributed by atoms with Crippen molar-refractivity contribution in [2.75, 3.05) is 0 Å². The van der Waals surface area contributed by atoms with Gasteiger partial charge in [0.2, 0.25) is 0 Å². The van der Waals surface area contributed by atoms with E-state index in [9.17, 15) is 0 Å². The van der Waals surface area contributed by atoms with E-state index in [1.54, 1.807) is 0 Å². The number of halogens is 1. The summed E-state index contributed by atoms with van der Waals surface area (Å²) in [5.74, 6) is 1.01. The summed E-state index contributed by atoms with van der Waals surface area (Å²) in [5.41, 5.74) is 1.27. The fourth-order valence-corrected chi connectivity index (χ4v) is 2.02. The number of nitriles is 1. The highest BCUT2D eigenvalue weighted by Crippen LogP contribution is 2.27. The van der Waals surface area contributed by atoms with Gasteiger partial charge in [0.25, 0.3) is 0 Å². The van der Waals surface area contributed by atoms with E-state index in [0.717, 1.165) is 10.9 Å². The Labute approximate surface area is 100 Å². The van der Waals surface area contributed by atoms with Crippen LogP contribution in [0.2, 0.25) is 0 Å². The Morgan fingerprint density at radius 2 is 1.87 bits per heavy atom. The maximum atomic E-state index is 8.81. The highest BCUT2D eigenvalue weighted by Gasteiger charge is 2.12. The van der Waals surface area contributed by atoms with Crippen molar-refractivity contribution >= 4 is 15.9 Å². The number of benzene rings is 1. The maximum Gasteiger partial charge on any atom is 0.0628 e. The standard InChI is InChI=1S/C13H16BrN/c1-10(2)9-12(7-8-15)11-3-5-13(14)6-4-11/h3-6,10,12H,7,9H2,1-2H3. The molecule has 0 bridgehead atoms. The average molecular weight is 266 g/mol. The number of hydrogen-bond donors (Lipinski definition) is 0. The minimum Gasteiger partial charge on any atom is -0.198 e. The molecule has 1 aromatic rings. The molecule has 0 radical (unpaired) electrons. The molecule has 15 heavy (non-hydrogen) atoms. The molecule has 0 N–H and O–H groups in total. The first-order valence-electron chi connectivity index (χ1n) is 5.26. The first kappa shape index (κ1) is 12.3. The van der Waals surface area contributed by atoms with Crippen LogP contribution in [0.15, 0.2) is 28.7 Å². The lowest BCUT2D eigenvalue weighted by atomic mass is 9.88. The molecule has 0 aliphatic rings. The summed E-state index contributed by atoms with van der Waals surface area (Å²) in [6.45, 7) is 4.40. The molecule has 0 heterocycles. The molecular weight excluding hydrogens is 250 g/mol. The van der Waals surface area contributed by atoms with Crippen LogP contribution in [-0.4, -0.2) is 0 Å². The zero-order valence-corrected chi connectivity index (χ0v) is 10.8. The van der Waals surface area contributed by atoms with Crippen molar-refractivity contribution in [3.05, 3.63) is 34.3 Å². The van der Waals surface area contributed by atoms with Crippen LogP contribution in [0.25, 0.3) is 0 Å². The third-order valence-corrected chi connectivity index (χ3v) is 2.96. The van der Waals surface area contributed by atoms with Crippen LogP contribution in [0.1, 0.15) is 38.2 Å². The van der Waals surface area contributed by atoms with E-state index < -0.39 is 0 Å². The normalized spacial score (nSPS) is 12.5. The lowest BCUT2D eigenvalue weighted by molar-refractivity contribution is 0.504. The molecule has 2 heteroatoms. The lowest BCUT2D eigenvalue weighted by Crippen LogP contribution is -2.02. The van der Waals surface area contributed by atoms with Crippen LogP contribution in [0.5, 0.6) is 0 Å². The summed E-state index contributed by atoms with van der Waals surface area (Å²) in [6, 6.07) is 10.6. The molecule has 0 spiro atoms. The smallest absolute Gasteiger partial charge is 0.0628 e. The summed E-state index contributed by atoms with van der Waals surface area (Å²) < 4.78 is 1.09. The van der Waals surface area contributed by atoms with E-state index in [0.29, 0.717) is 18.3 Å². The van der Waals surface area contributed by atoms with Gasteiger partial charge >= 0.3 is 0 Å². The summed E-state index contributed by atoms with van der Waals surface area (Å²) >= 11 is 3.42. The fourth-order valence-electron chi connectivity index (χ4n) is 1.75. The van der Waals surface area contributed by atoms with E-state index in [1.807, 2.05) is 12.1 Å². The first-order chi connectivity index (χ1) is 7.13. The molecule has 1 aromatic carbocycles. The van der Waals surface area contributed by atoms with Gasteiger partial charge in [-0.05, 0) is 36.0 Å². The highest BCUT2D eigenvalue weighted by molar-refractivity contribution is 9.10. The summed E-state index contributed by atoms with van der Waals surface area (Å²) in [5, 5.41) is 8.81. The van der Waals surface area contributed by atoms with Gasteiger partial charge in [0.05, 0.1) is 6.07 Å². The van der Waals surface area contributed by atoms with E-state index in [1.165, 1.54) is 5.56 Å². The second-order valence-electron chi connectivity index (χ2n) is 4.24. The summed E-state index contributed by atoms with van der Waals surface area (Å²) in [6.07, 6.45) is 1.69. The van der Waals surface area contributed by atoms with Crippen molar-refractivity contribution in [3.63, 3.8) is 0 Å². The third-order valence-electron chi connectivity index (χ3n) is 2.44. The molecule has 0 aliphatic carbocycles. The van der Waals surface area contributed by atoms with Gasteiger partial charge < -0.3 is 0 Å². The van der Waals surface area contributed by atoms with E-state index in [2.05, 4.69) is 48.0 Å². The molecule has 0 aliphatic heterocycles. The van der Waals surface area contributed by atoms with Crippen LogP contribution in [0.3, 0.4) is 0 Å². The topological polar surface area (TPSA) is 23.8 Å². The molecule has 0 amide bonds. The van der Waals surface area contributed by atoms with Gasteiger partial charge in [-0.25, -0.2) is 0 Å². The fraction of sp³-hybridized carbons (Fsp3) is 0.462. The molecule has 80 valence electrons. The van der Waals surface area contributed by atoms with Gasteiger partial charge in [0.1, 0.15) is 0 Å². The Morgan fingerprint density at radius 1 is 1.27 bits per heavy atom. The Kier molecular flexibility index (Phi) is 4.84. The molecule has 0 aromatic heterocycles. The van der Waals surface area contributed by atoms with Crippen LogP contribution in [-0.2, 0) is 0 Å². The third kappa shape index (κ3) is 4.05. The molecule has 0 saturated heterocycles. The molecule has 1 nitrogen and oxygen atoms in total. The van der Waals surface area contributed by atoms with Crippen LogP contribution >= 0.6 is 15.9 Å². The SMILES string of the molecule is CC(C)CC(CC#N)c1ccc(Br)cc1. The van der Waals surface area contributed by atoms with E-state index in [4.69, 9.17) is 5.26 Å².